The molecule has 0 aliphatic carbocycles. The molecule has 4 amide bonds. The quantitative estimate of drug-likeness (QED) is 0.720. The Hall–Kier alpha value is -2.91. The number of carbonyl (C=O) groups excluding carboxylic acids is 3. The predicted molar refractivity (Wildman–Crippen MR) is 98.9 cm³/mol. The number of nitrogens with zero attached hydrogens (tertiary/aromatic N) is 6. The van der Waals surface area contributed by atoms with Gasteiger partial charge in [0.25, 0.3) is 5.91 Å². The first-order valence-electron chi connectivity index (χ1n) is 8.96. The lowest BCUT2D eigenvalue weighted by molar-refractivity contribution is -0.136. The Bertz CT molecular complexity index is 749. The van der Waals surface area contributed by atoms with Crippen molar-refractivity contribution in [2.24, 2.45) is 0 Å². The van der Waals surface area contributed by atoms with Crippen LogP contribution in [0.2, 0.25) is 0 Å². The summed E-state index contributed by atoms with van der Waals surface area (Å²) in [5.41, 5.74) is 6.54. The molecule has 3 heterocycles. The highest BCUT2D eigenvalue weighted by molar-refractivity contribution is 6.05. The maximum atomic E-state index is 12.7. The van der Waals surface area contributed by atoms with E-state index in [-0.39, 0.29) is 30.2 Å². The summed E-state index contributed by atoms with van der Waals surface area (Å²) in [5, 5.41) is 0. The molecule has 27 heavy (non-hydrogen) atoms. The summed E-state index contributed by atoms with van der Waals surface area (Å²) < 4.78 is 0. The Balaban J connectivity index is 1.63. The Morgan fingerprint density at radius 1 is 1.19 bits per heavy atom. The van der Waals surface area contributed by atoms with Crippen LogP contribution in [-0.2, 0) is 9.59 Å². The minimum Gasteiger partial charge on any atom is -0.368 e. The lowest BCUT2D eigenvalue weighted by Crippen LogP contribution is -2.41. The van der Waals surface area contributed by atoms with Crippen molar-refractivity contribution in [3.8, 4) is 0 Å². The highest BCUT2D eigenvalue weighted by Gasteiger charge is 2.42. The smallest absolute Gasteiger partial charge is 0.326 e. The molecule has 0 bridgehead atoms. The largest absolute Gasteiger partial charge is 0.368 e. The van der Waals surface area contributed by atoms with E-state index in [2.05, 4.69) is 14.9 Å². The van der Waals surface area contributed by atoms with Gasteiger partial charge in [-0.25, -0.2) is 9.78 Å². The number of aromatic nitrogens is 2. The highest BCUT2D eigenvalue weighted by Crippen LogP contribution is 2.20. The maximum Gasteiger partial charge on any atom is 0.326 e. The fraction of sp³-hybridized carbons (Fsp3) is 0.588. The van der Waals surface area contributed by atoms with Crippen molar-refractivity contribution >= 4 is 29.6 Å². The van der Waals surface area contributed by atoms with E-state index >= 15 is 0 Å². The third-order valence-corrected chi connectivity index (χ3v) is 5.07. The third-order valence-electron chi connectivity index (χ3n) is 5.07. The van der Waals surface area contributed by atoms with E-state index in [1.54, 1.807) is 11.9 Å². The maximum absolute atomic E-state index is 12.7. The highest BCUT2D eigenvalue weighted by atomic mass is 16.2. The van der Waals surface area contributed by atoms with Crippen LogP contribution in [0, 0.1) is 6.92 Å². The molecule has 2 N–H and O–H groups in total. The average molecular weight is 375 g/mol. The van der Waals surface area contributed by atoms with Crippen molar-refractivity contribution in [3.05, 3.63) is 11.8 Å². The second-order valence-corrected chi connectivity index (χ2v) is 6.96. The zero-order valence-electron chi connectivity index (χ0n) is 15.9. The van der Waals surface area contributed by atoms with Gasteiger partial charge >= 0.3 is 6.03 Å². The number of anilines is 2. The molecular weight excluding hydrogens is 350 g/mol. The number of rotatable bonds is 3. The summed E-state index contributed by atoms with van der Waals surface area (Å²) in [5.74, 6) is 0.536. The van der Waals surface area contributed by atoms with E-state index in [4.69, 9.17) is 5.73 Å². The van der Waals surface area contributed by atoms with Gasteiger partial charge in [-0.15, -0.1) is 0 Å². The Kier molecular flexibility index (Phi) is 5.15. The van der Waals surface area contributed by atoms with Crippen LogP contribution in [0.4, 0.5) is 16.6 Å². The van der Waals surface area contributed by atoms with Crippen LogP contribution >= 0.6 is 0 Å². The SMILES string of the molecule is Cc1cc(N2CCCN(C(=O)CC3C(=O)N(C)C(=O)N3C)CC2)nc(N)n1. The second kappa shape index (κ2) is 7.37. The molecule has 0 spiro atoms. The van der Waals surface area contributed by atoms with Gasteiger partial charge in [-0.3, -0.25) is 14.5 Å². The van der Waals surface area contributed by atoms with Gasteiger partial charge in [-0.1, -0.05) is 0 Å². The van der Waals surface area contributed by atoms with Crippen molar-refractivity contribution in [1.29, 1.82) is 0 Å². The number of nitrogen functional groups attached to an aromatic ring is 1. The van der Waals surface area contributed by atoms with Crippen LogP contribution in [0.15, 0.2) is 6.07 Å². The van der Waals surface area contributed by atoms with E-state index in [1.807, 2.05) is 13.0 Å². The first-order valence-corrected chi connectivity index (χ1v) is 8.96. The molecule has 0 saturated carbocycles. The lowest BCUT2D eigenvalue weighted by Gasteiger charge is -2.24. The number of imide groups is 1. The fourth-order valence-electron chi connectivity index (χ4n) is 3.50. The summed E-state index contributed by atoms with van der Waals surface area (Å²) >= 11 is 0. The molecule has 0 radical (unpaired) electrons. The molecule has 1 aromatic heterocycles. The van der Waals surface area contributed by atoms with Crippen LogP contribution in [0.3, 0.4) is 0 Å². The lowest BCUT2D eigenvalue weighted by atomic mass is 10.1. The summed E-state index contributed by atoms with van der Waals surface area (Å²) in [4.78, 5) is 51.4. The normalized spacial score (nSPS) is 21.1. The van der Waals surface area contributed by atoms with Gasteiger partial charge < -0.3 is 20.4 Å². The minimum atomic E-state index is -0.723. The van der Waals surface area contributed by atoms with E-state index in [1.165, 1.54) is 11.9 Å². The average Bonchev–Trinajstić information content (AvgIpc) is 2.83. The summed E-state index contributed by atoms with van der Waals surface area (Å²) in [7, 11) is 2.98. The molecule has 3 rings (SSSR count). The fourth-order valence-corrected chi connectivity index (χ4v) is 3.50. The number of urea groups is 1. The van der Waals surface area contributed by atoms with Crippen LogP contribution in [0.5, 0.6) is 0 Å². The predicted octanol–water partition coefficient (Wildman–Crippen LogP) is -0.312. The van der Waals surface area contributed by atoms with Crippen LogP contribution < -0.4 is 10.6 Å². The topological polar surface area (TPSA) is 116 Å². The van der Waals surface area contributed by atoms with Gasteiger partial charge in [0.05, 0.1) is 6.42 Å². The van der Waals surface area contributed by atoms with Crippen molar-refractivity contribution in [1.82, 2.24) is 24.7 Å². The molecule has 2 aliphatic rings. The number of hydrogen-bond donors (Lipinski definition) is 1. The van der Waals surface area contributed by atoms with Gasteiger partial charge in [-0.05, 0) is 13.3 Å². The van der Waals surface area contributed by atoms with Crippen molar-refractivity contribution < 1.29 is 14.4 Å². The molecular formula is C17H25N7O3. The van der Waals surface area contributed by atoms with Gasteiger partial charge in [-0.2, -0.15) is 4.98 Å². The van der Waals surface area contributed by atoms with Crippen LogP contribution in [0.1, 0.15) is 18.5 Å². The van der Waals surface area contributed by atoms with E-state index in [9.17, 15) is 14.4 Å². The van der Waals surface area contributed by atoms with E-state index < -0.39 is 6.04 Å². The Labute approximate surface area is 157 Å². The first-order chi connectivity index (χ1) is 12.8. The molecule has 10 nitrogen and oxygen atoms in total. The molecule has 1 aromatic rings. The second-order valence-electron chi connectivity index (χ2n) is 6.96. The van der Waals surface area contributed by atoms with Gasteiger partial charge in [0.15, 0.2) is 0 Å². The Morgan fingerprint density at radius 2 is 1.93 bits per heavy atom. The van der Waals surface area contributed by atoms with Gasteiger partial charge in [0.2, 0.25) is 11.9 Å². The van der Waals surface area contributed by atoms with Crippen molar-refractivity contribution in [2.75, 3.05) is 50.9 Å². The van der Waals surface area contributed by atoms with E-state index in [0.29, 0.717) is 19.6 Å². The zero-order valence-corrected chi connectivity index (χ0v) is 15.9. The summed E-state index contributed by atoms with van der Waals surface area (Å²) in [6, 6.07) is 0.775. The molecule has 1 atom stereocenters. The first kappa shape index (κ1) is 18.9. The van der Waals surface area contributed by atoms with Crippen LogP contribution in [-0.4, -0.2) is 88.8 Å². The number of aryl methyl sites for hydroxylation is 1. The molecule has 2 aliphatic heterocycles. The number of nitrogens with two attached hydrogens (primary N) is 1. The van der Waals surface area contributed by atoms with Crippen molar-refractivity contribution in [2.45, 2.75) is 25.8 Å². The number of likely N-dealkylation sites (N-methyl/N-ethyl adjacent to an activating group) is 2. The summed E-state index contributed by atoms with van der Waals surface area (Å²) in [6.45, 7) is 4.36. The van der Waals surface area contributed by atoms with Gasteiger partial charge in [0.1, 0.15) is 11.9 Å². The van der Waals surface area contributed by atoms with E-state index in [0.717, 1.165) is 29.4 Å². The zero-order chi connectivity index (χ0) is 19.7. The monoisotopic (exact) mass is 375 g/mol. The number of amides is 4. The minimum absolute atomic E-state index is 0.00494. The molecule has 2 fully saturated rings. The number of carbonyl (C=O) groups is 3. The third kappa shape index (κ3) is 3.79. The summed E-state index contributed by atoms with van der Waals surface area (Å²) in [6.07, 6.45) is 0.785. The molecule has 1 unspecified atom stereocenters. The number of hydrogen-bond acceptors (Lipinski definition) is 7. The molecule has 10 heteroatoms. The standard InChI is InChI=1S/C17H25N7O3/c1-11-9-13(20-16(18)19-11)23-5-4-6-24(8-7-23)14(25)10-12-15(26)22(3)17(27)21(12)2/h9,12H,4-8,10H2,1-3H3,(H2,18,19,20). The molecule has 0 aromatic carbocycles. The van der Waals surface area contributed by atoms with Crippen molar-refractivity contribution in [3.63, 3.8) is 0 Å². The Morgan fingerprint density at radius 3 is 2.56 bits per heavy atom. The molecule has 2 saturated heterocycles. The molecule has 146 valence electrons. The van der Waals surface area contributed by atoms with Crippen LogP contribution in [0.25, 0.3) is 0 Å². The van der Waals surface area contributed by atoms with Gasteiger partial charge in [0, 0.05) is 52.0 Å².